The van der Waals surface area contributed by atoms with Crippen molar-refractivity contribution in [3.8, 4) is 23.7 Å². The largest absolute Gasteiger partial charge is 0.453 e. The molecule has 0 aliphatic carbocycles. The van der Waals surface area contributed by atoms with E-state index >= 15 is 0 Å². The second kappa shape index (κ2) is 17.4. The smallest absolute Gasteiger partial charge is 0.411 e. The van der Waals surface area contributed by atoms with Crippen LogP contribution in [0.3, 0.4) is 0 Å². The van der Waals surface area contributed by atoms with Crippen LogP contribution in [0.2, 0.25) is 0 Å². The van der Waals surface area contributed by atoms with Crippen LogP contribution in [-0.2, 0) is 9.53 Å². The van der Waals surface area contributed by atoms with Gasteiger partial charge in [0.25, 0.3) is 0 Å². The molecule has 0 aromatic heterocycles. The van der Waals surface area contributed by atoms with E-state index in [0.717, 1.165) is 11.3 Å². The summed E-state index contributed by atoms with van der Waals surface area (Å²) in [6, 6.07) is 0. The van der Waals surface area contributed by atoms with Crippen LogP contribution in [0, 0.1) is 23.7 Å². The Morgan fingerprint density at radius 1 is 1.25 bits per heavy atom. The van der Waals surface area contributed by atoms with Crippen molar-refractivity contribution in [1.82, 2.24) is 5.32 Å². The van der Waals surface area contributed by atoms with Crippen LogP contribution in [0.15, 0.2) is 35.1 Å². The molecule has 1 amide bonds. The summed E-state index contributed by atoms with van der Waals surface area (Å²) >= 11 is 0. The highest BCUT2D eigenvalue weighted by Crippen LogP contribution is 2.32. The monoisotopic (exact) mass is 439 g/mol. The van der Waals surface area contributed by atoms with Crippen LogP contribution >= 0.6 is 31.4 Å². The fourth-order valence-electron chi connectivity index (χ4n) is 1.84. The predicted molar refractivity (Wildman–Crippen MR) is 122 cm³/mol. The van der Waals surface area contributed by atoms with Gasteiger partial charge in [-0.15, -0.1) is 5.92 Å². The molecule has 0 heterocycles. The lowest BCUT2D eigenvalue weighted by Gasteiger charge is -2.14. The minimum absolute atomic E-state index is 0.101. The number of ketones is 1. The van der Waals surface area contributed by atoms with Crippen molar-refractivity contribution in [3.63, 3.8) is 0 Å². The Kier molecular flexibility index (Phi) is 16.3. The van der Waals surface area contributed by atoms with Gasteiger partial charge >= 0.3 is 6.09 Å². The van der Waals surface area contributed by atoms with Crippen LogP contribution in [0.4, 0.5) is 4.79 Å². The van der Waals surface area contributed by atoms with Gasteiger partial charge in [-0.05, 0) is 53.2 Å². The van der Waals surface area contributed by atoms with Crippen LogP contribution in [-0.4, -0.2) is 42.7 Å². The molecular formula is C20H25NO4S3. The van der Waals surface area contributed by atoms with Crippen LogP contribution < -0.4 is 5.32 Å². The van der Waals surface area contributed by atoms with Gasteiger partial charge in [0, 0.05) is 18.6 Å². The molecule has 0 atom stereocenters. The molecule has 0 saturated carbocycles. The third-order valence-electron chi connectivity index (χ3n) is 3.14. The molecule has 0 unspecified atom stereocenters. The van der Waals surface area contributed by atoms with E-state index in [9.17, 15) is 9.59 Å². The number of aliphatic hydroxyl groups excluding tert-OH is 1. The first-order chi connectivity index (χ1) is 13.5. The van der Waals surface area contributed by atoms with Crippen molar-refractivity contribution < 1.29 is 19.4 Å². The second-order valence-corrected chi connectivity index (χ2v) is 9.38. The molecule has 5 nitrogen and oxygen atoms in total. The fraction of sp³-hybridized carbons (Fsp3) is 0.400. The molecule has 0 saturated heterocycles. The van der Waals surface area contributed by atoms with E-state index in [1.807, 2.05) is 19.3 Å². The number of aliphatic hydroxyl groups is 1. The Morgan fingerprint density at radius 3 is 2.57 bits per heavy atom. The highest BCUT2D eigenvalue weighted by Gasteiger charge is 2.18. The lowest BCUT2D eigenvalue weighted by Crippen LogP contribution is -2.29. The van der Waals surface area contributed by atoms with Gasteiger partial charge in [-0.2, -0.15) is 0 Å². The van der Waals surface area contributed by atoms with E-state index in [1.54, 1.807) is 50.5 Å². The second-order valence-electron chi connectivity index (χ2n) is 5.00. The molecule has 2 N–H and O–H groups in total. The average molecular weight is 440 g/mol. The SMILES string of the molecule is CC#C/C=C\C#CCC(/C(C)=C\CSSSC)=C(\NC(=O)OC)C(=O)CCO. The Labute approximate surface area is 179 Å². The fourth-order valence-corrected chi connectivity index (χ4v) is 4.34. The van der Waals surface area contributed by atoms with Gasteiger partial charge in [0.05, 0.1) is 19.4 Å². The first-order valence-corrected chi connectivity index (χ1v) is 12.3. The third-order valence-corrected chi connectivity index (χ3v) is 6.87. The minimum atomic E-state index is -0.745. The number of alkyl carbamates (subject to hydrolysis) is 1. The third kappa shape index (κ3) is 11.9. The number of hydrogen-bond donors (Lipinski definition) is 2. The topological polar surface area (TPSA) is 75.6 Å². The zero-order valence-corrected chi connectivity index (χ0v) is 18.9. The number of Topliss-reactive ketones (excluding diaryl/α,β-unsaturated/α-hetero) is 1. The van der Waals surface area contributed by atoms with Gasteiger partial charge in [-0.1, -0.05) is 45.4 Å². The van der Waals surface area contributed by atoms with Crippen LogP contribution in [0.5, 0.6) is 0 Å². The molecule has 0 aliphatic heterocycles. The summed E-state index contributed by atoms with van der Waals surface area (Å²) in [5.74, 6) is 11.7. The lowest BCUT2D eigenvalue weighted by molar-refractivity contribution is -0.116. The number of carbonyl (C=O) groups is 2. The van der Waals surface area contributed by atoms with E-state index in [2.05, 4.69) is 33.7 Å². The van der Waals surface area contributed by atoms with E-state index in [-0.39, 0.29) is 30.9 Å². The number of allylic oxidation sites excluding steroid dienone is 5. The highest BCUT2D eigenvalue weighted by atomic mass is 33.5. The maximum absolute atomic E-state index is 12.5. The lowest BCUT2D eigenvalue weighted by atomic mass is 9.98. The van der Waals surface area contributed by atoms with Crippen LogP contribution in [0.25, 0.3) is 0 Å². The van der Waals surface area contributed by atoms with Crippen molar-refractivity contribution in [1.29, 1.82) is 0 Å². The molecule has 0 rings (SSSR count). The van der Waals surface area contributed by atoms with E-state index in [1.165, 1.54) is 7.11 Å². The number of carbonyl (C=O) groups excluding carboxylic acids is 2. The summed E-state index contributed by atoms with van der Waals surface area (Å²) in [5.41, 5.74) is 1.53. The van der Waals surface area contributed by atoms with Crippen molar-refractivity contribution >= 4 is 43.3 Å². The Morgan fingerprint density at radius 2 is 1.96 bits per heavy atom. The number of rotatable bonds is 10. The molecule has 8 heteroatoms. The van der Waals surface area contributed by atoms with Gasteiger partial charge in [0.15, 0.2) is 5.78 Å². The first-order valence-electron chi connectivity index (χ1n) is 8.29. The van der Waals surface area contributed by atoms with Gasteiger partial charge in [-0.25, -0.2) is 4.79 Å². The molecular weight excluding hydrogens is 414 g/mol. The summed E-state index contributed by atoms with van der Waals surface area (Å²) in [6.45, 7) is 3.29. The number of nitrogens with one attached hydrogen (secondary N) is 1. The molecule has 152 valence electrons. The van der Waals surface area contributed by atoms with Crippen LogP contribution in [0.1, 0.15) is 26.7 Å². The molecule has 0 aliphatic rings. The van der Waals surface area contributed by atoms with E-state index in [4.69, 9.17) is 5.11 Å². The molecule has 0 fully saturated rings. The number of methoxy groups -OCH3 is 1. The molecule has 0 aromatic rings. The maximum atomic E-state index is 12.5. The first kappa shape index (κ1) is 26.3. The van der Waals surface area contributed by atoms with Gasteiger partial charge in [-0.3, -0.25) is 10.1 Å². The zero-order valence-electron chi connectivity index (χ0n) is 16.5. The average Bonchev–Trinajstić information content (AvgIpc) is 2.69. The number of ether oxygens (including phenoxy) is 1. The highest BCUT2D eigenvalue weighted by molar-refractivity contribution is 9.09. The molecule has 0 aromatic carbocycles. The molecule has 0 bridgehead atoms. The predicted octanol–water partition coefficient (Wildman–Crippen LogP) is 4.13. The summed E-state index contributed by atoms with van der Waals surface area (Å²) in [7, 11) is 6.21. The number of hydrogen-bond acceptors (Lipinski definition) is 7. The Bertz CT molecular complexity index is 734. The van der Waals surface area contributed by atoms with Gasteiger partial charge < -0.3 is 9.84 Å². The van der Waals surface area contributed by atoms with Crippen molar-refractivity contribution in [3.05, 3.63) is 35.1 Å². The maximum Gasteiger partial charge on any atom is 0.411 e. The van der Waals surface area contributed by atoms with Gasteiger partial charge in [0.1, 0.15) is 0 Å². The summed E-state index contributed by atoms with van der Waals surface area (Å²) in [4.78, 5) is 24.2. The zero-order chi connectivity index (χ0) is 21.2. The van der Waals surface area contributed by atoms with E-state index in [0.29, 0.717) is 5.57 Å². The van der Waals surface area contributed by atoms with E-state index < -0.39 is 6.09 Å². The quantitative estimate of drug-likeness (QED) is 0.174. The van der Waals surface area contributed by atoms with Gasteiger partial charge in [0.2, 0.25) is 0 Å². The molecule has 28 heavy (non-hydrogen) atoms. The van der Waals surface area contributed by atoms with Crippen molar-refractivity contribution in [2.24, 2.45) is 0 Å². The molecule has 0 radical (unpaired) electrons. The normalized spacial score (nSPS) is 11.7. The summed E-state index contributed by atoms with van der Waals surface area (Å²) in [6.07, 6.45) is 6.65. The standard InChI is InChI=1S/C20H25NO4S3/c1-5-6-7-8-9-10-11-17(16(2)13-15-27-28-26-4)19(18(23)12-14-22)21-20(24)25-3/h7-8,13,22H,11-12,14-15H2,1-4H3,(H,21,24)/b8-7-,16-13-,19-17+. The summed E-state index contributed by atoms with van der Waals surface area (Å²) < 4.78 is 4.63. The Balaban J connectivity index is 5.89. The van der Waals surface area contributed by atoms with Crippen molar-refractivity contribution in [2.75, 3.05) is 25.7 Å². The van der Waals surface area contributed by atoms with Crippen molar-refractivity contribution in [2.45, 2.75) is 26.7 Å². The number of amides is 1. The minimum Gasteiger partial charge on any atom is -0.453 e. The molecule has 0 spiro atoms. The Hall–Kier alpha value is -1.71. The summed E-state index contributed by atoms with van der Waals surface area (Å²) in [5, 5.41) is 11.6.